The van der Waals surface area contributed by atoms with Crippen LogP contribution < -0.4 is 22.5 Å². The summed E-state index contributed by atoms with van der Waals surface area (Å²) in [4.78, 5) is 22.8. The second kappa shape index (κ2) is 9.37. The van der Waals surface area contributed by atoms with Crippen molar-refractivity contribution in [3.63, 3.8) is 0 Å². The van der Waals surface area contributed by atoms with Gasteiger partial charge in [-0.2, -0.15) is 0 Å². The highest BCUT2D eigenvalue weighted by atomic mass is 16.1. The zero-order valence-corrected chi connectivity index (χ0v) is 9.63. The quantitative estimate of drug-likeness (QED) is 0.270. The summed E-state index contributed by atoms with van der Waals surface area (Å²) in [5.74, 6) is -1.12. The van der Waals surface area contributed by atoms with Crippen LogP contribution in [0, 0.1) is 0 Å². The van der Waals surface area contributed by atoms with Gasteiger partial charge >= 0.3 is 0 Å². The predicted molar refractivity (Wildman–Crippen MR) is 65.3 cm³/mol. The number of nitrogens with one attached hydrogen (secondary N) is 1. The molecule has 0 fully saturated rings. The van der Waals surface area contributed by atoms with Crippen molar-refractivity contribution in [2.75, 3.05) is 26.2 Å². The van der Waals surface area contributed by atoms with Gasteiger partial charge in [-0.15, -0.1) is 0 Å². The Kier molecular flexibility index (Phi) is 8.35. The molecule has 0 aliphatic carbocycles. The summed E-state index contributed by atoms with van der Waals surface area (Å²) in [6.07, 6.45) is 5.36. The number of primary amides is 2. The third-order valence-corrected chi connectivity index (χ3v) is 1.73. The van der Waals surface area contributed by atoms with E-state index in [4.69, 9.17) is 17.2 Å². The predicted octanol–water partition coefficient (Wildman–Crippen LogP) is -2.17. The average molecular weight is 241 g/mol. The summed E-state index contributed by atoms with van der Waals surface area (Å²) in [5.41, 5.74) is 15.3. The van der Waals surface area contributed by atoms with Crippen molar-refractivity contribution in [3.05, 3.63) is 24.6 Å². The molecule has 2 amide bonds. The lowest BCUT2D eigenvalue weighted by atomic mass is 10.4. The van der Waals surface area contributed by atoms with Gasteiger partial charge in [0.25, 0.3) is 0 Å². The largest absolute Gasteiger partial charge is 0.366 e. The first-order valence-electron chi connectivity index (χ1n) is 5.18. The van der Waals surface area contributed by atoms with E-state index in [-0.39, 0.29) is 0 Å². The number of amides is 2. The van der Waals surface area contributed by atoms with E-state index in [0.717, 1.165) is 0 Å². The molecule has 0 aromatic rings. The molecule has 0 aliphatic heterocycles. The van der Waals surface area contributed by atoms with Crippen molar-refractivity contribution in [1.29, 1.82) is 0 Å². The second-order valence-electron chi connectivity index (χ2n) is 3.21. The molecule has 0 heterocycles. The Morgan fingerprint density at radius 3 is 2.00 bits per heavy atom. The minimum Gasteiger partial charge on any atom is -0.366 e. The molecule has 0 rings (SSSR count). The zero-order valence-electron chi connectivity index (χ0n) is 9.63. The van der Waals surface area contributed by atoms with Crippen LogP contribution in [0.1, 0.15) is 0 Å². The van der Waals surface area contributed by atoms with Crippen molar-refractivity contribution in [3.8, 4) is 0 Å². The number of carbonyl (C=O) groups excluding carboxylic acids is 2. The Hall–Kier alpha value is -1.86. The molecule has 0 aliphatic rings. The summed E-state index contributed by atoms with van der Waals surface area (Å²) in [6.45, 7) is 2.47. The molecule has 7 heteroatoms. The molecule has 7 nitrogen and oxygen atoms in total. The Labute approximate surface area is 100 Å². The molecule has 0 aromatic carbocycles. The van der Waals surface area contributed by atoms with E-state index in [1.807, 2.05) is 0 Å². The van der Waals surface area contributed by atoms with Gasteiger partial charge in [0.2, 0.25) is 11.8 Å². The lowest BCUT2D eigenvalue weighted by Gasteiger charge is -2.15. The minimum atomic E-state index is -0.558. The maximum Gasteiger partial charge on any atom is 0.242 e. The normalized spacial score (nSPS) is 11.1. The van der Waals surface area contributed by atoms with Gasteiger partial charge in [-0.3, -0.25) is 9.59 Å². The van der Waals surface area contributed by atoms with Gasteiger partial charge in [-0.25, -0.2) is 0 Å². The van der Waals surface area contributed by atoms with Crippen LogP contribution in [0.4, 0.5) is 0 Å². The summed E-state index contributed by atoms with van der Waals surface area (Å²) in [6, 6.07) is 0. The van der Waals surface area contributed by atoms with E-state index >= 15 is 0 Å². The van der Waals surface area contributed by atoms with Gasteiger partial charge in [-0.05, 0) is 0 Å². The molecule has 0 radical (unpaired) electrons. The van der Waals surface area contributed by atoms with Crippen molar-refractivity contribution >= 4 is 11.8 Å². The van der Waals surface area contributed by atoms with Gasteiger partial charge in [0.15, 0.2) is 0 Å². The lowest BCUT2D eigenvalue weighted by molar-refractivity contribution is -0.114. The maximum absolute atomic E-state index is 10.6. The molecule has 0 spiro atoms. The molecular weight excluding hydrogens is 222 g/mol. The molecular formula is C10H19N5O2. The highest BCUT2D eigenvalue weighted by Crippen LogP contribution is 1.91. The zero-order chi connectivity index (χ0) is 13.1. The van der Waals surface area contributed by atoms with Gasteiger partial charge in [0, 0.05) is 50.7 Å². The van der Waals surface area contributed by atoms with Gasteiger partial charge in [-0.1, -0.05) is 0 Å². The Morgan fingerprint density at radius 2 is 1.59 bits per heavy atom. The molecule has 0 aromatic heterocycles. The van der Waals surface area contributed by atoms with E-state index in [9.17, 15) is 9.59 Å². The summed E-state index contributed by atoms with van der Waals surface area (Å²) >= 11 is 0. The first kappa shape index (κ1) is 15.1. The summed E-state index contributed by atoms with van der Waals surface area (Å²) in [5, 5.41) is 3.07. The molecule has 0 bridgehead atoms. The third kappa shape index (κ3) is 10.4. The molecule has 0 atom stereocenters. The van der Waals surface area contributed by atoms with Crippen LogP contribution in [0.15, 0.2) is 24.6 Å². The van der Waals surface area contributed by atoms with Crippen molar-refractivity contribution in [2.24, 2.45) is 17.2 Å². The SMILES string of the molecule is NCCNCCN(C=CC(N)=O)C=CC(N)=O. The number of rotatable bonds is 9. The van der Waals surface area contributed by atoms with Crippen LogP contribution >= 0.6 is 0 Å². The minimum absolute atomic E-state index is 0.550. The van der Waals surface area contributed by atoms with Gasteiger partial charge in [0.1, 0.15) is 0 Å². The van der Waals surface area contributed by atoms with Crippen LogP contribution in [0.2, 0.25) is 0 Å². The van der Waals surface area contributed by atoms with Crippen LogP contribution in [-0.4, -0.2) is 42.9 Å². The average Bonchev–Trinajstić information content (AvgIpc) is 2.26. The van der Waals surface area contributed by atoms with Crippen molar-refractivity contribution in [1.82, 2.24) is 10.2 Å². The van der Waals surface area contributed by atoms with Crippen molar-refractivity contribution in [2.45, 2.75) is 0 Å². The number of hydrogen-bond acceptors (Lipinski definition) is 5. The molecule has 17 heavy (non-hydrogen) atoms. The Balaban J connectivity index is 4.20. The first-order chi connectivity index (χ1) is 8.06. The van der Waals surface area contributed by atoms with E-state index in [2.05, 4.69) is 5.32 Å². The molecule has 7 N–H and O–H groups in total. The van der Waals surface area contributed by atoms with Crippen LogP contribution in [0.3, 0.4) is 0 Å². The fraction of sp³-hybridized carbons (Fsp3) is 0.400. The van der Waals surface area contributed by atoms with Crippen LogP contribution in [-0.2, 0) is 9.59 Å². The fourth-order valence-electron chi connectivity index (χ4n) is 0.972. The fourth-order valence-corrected chi connectivity index (χ4v) is 0.972. The smallest absolute Gasteiger partial charge is 0.242 e. The Bertz CT molecular complexity index is 277. The second-order valence-corrected chi connectivity index (χ2v) is 3.21. The highest BCUT2D eigenvalue weighted by molar-refractivity contribution is 5.86. The van der Waals surface area contributed by atoms with Crippen molar-refractivity contribution < 1.29 is 9.59 Å². The van der Waals surface area contributed by atoms with Gasteiger partial charge in [0.05, 0.1) is 0 Å². The standard InChI is InChI=1S/C10H19N5O2/c11-3-4-14-5-8-15(6-1-9(12)16)7-2-10(13)17/h1-2,6-7,14H,3-5,8,11H2,(H2,12,16)(H2,13,17). The number of carbonyl (C=O) groups is 2. The first-order valence-corrected chi connectivity index (χ1v) is 5.18. The van der Waals surface area contributed by atoms with Crippen LogP contribution in [0.5, 0.6) is 0 Å². The molecule has 0 unspecified atom stereocenters. The highest BCUT2D eigenvalue weighted by Gasteiger charge is 1.96. The lowest BCUT2D eigenvalue weighted by Crippen LogP contribution is -2.30. The maximum atomic E-state index is 10.6. The molecule has 0 saturated carbocycles. The van der Waals surface area contributed by atoms with E-state index in [0.29, 0.717) is 26.2 Å². The number of nitrogens with two attached hydrogens (primary N) is 3. The topological polar surface area (TPSA) is 127 Å². The van der Waals surface area contributed by atoms with Gasteiger partial charge < -0.3 is 27.4 Å². The third-order valence-electron chi connectivity index (χ3n) is 1.73. The monoisotopic (exact) mass is 241 g/mol. The summed E-state index contributed by atoms with van der Waals surface area (Å²) in [7, 11) is 0. The van der Waals surface area contributed by atoms with E-state index in [1.165, 1.54) is 24.6 Å². The molecule has 96 valence electrons. The molecule has 0 saturated heterocycles. The van der Waals surface area contributed by atoms with E-state index < -0.39 is 11.8 Å². The van der Waals surface area contributed by atoms with E-state index in [1.54, 1.807) is 4.90 Å². The number of nitrogens with zero attached hydrogens (tertiary/aromatic N) is 1. The Morgan fingerprint density at radius 1 is 1.06 bits per heavy atom. The summed E-state index contributed by atoms with van der Waals surface area (Å²) < 4.78 is 0. The number of hydrogen-bond donors (Lipinski definition) is 4. The van der Waals surface area contributed by atoms with Crippen LogP contribution in [0.25, 0.3) is 0 Å².